The fraction of sp³-hybridized carbons (Fsp3) is 0.591. The number of hydrogen-bond acceptors (Lipinski definition) is 5. The van der Waals surface area contributed by atoms with E-state index in [9.17, 15) is 14.4 Å². The summed E-state index contributed by atoms with van der Waals surface area (Å²) >= 11 is 0. The highest BCUT2D eigenvalue weighted by atomic mass is 16.5. The average molecular weight is 415 g/mol. The molecule has 1 aromatic carbocycles. The van der Waals surface area contributed by atoms with Gasteiger partial charge in [0.25, 0.3) is 0 Å². The normalized spacial score (nSPS) is 26.3. The SMILES string of the molecule is COc1cccc(CN2C[C@@H]3C[C@H](NC(C)=O)CN3C(=O)[C@@H]2CNC(=O)C2CC2)c1. The number of carbonyl (C=O) groups is 3. The first-order valence-electron chi connectivity index (χ1n) is 10.7. The Hall–Kier alpha value is -2.61. The maximum Gasteiger partial charge on any atom is 0.242 e. The molecule has 1 aliphatic carbocycles. The van der Waals surface area contributed by atoms with Crippen LogP contribution in [0.25, 0.3) is 0 Å². The number of ether oxygens (including phenoxy) is 1. The smallest absolute Gasteiger partial charge is 0.242 e. The van der Waals surface area contributed by atoms with Crippen molar-refractivity contribution in [2.24, 2.45) is 5.92 Å². The second-order valence-electron chi connectivity index (χ2n) is 8.59. The lowest BCUT2D eigenvalue weighted by Gasteiger charge is -2.42. The molecule has 0 unspecified atom stereocenters. The Bertz CT molecular complexity index is 825. The molecule has 3 fully saturated rings. The van der Waals surface area contributed by atoms with E-state index in [1.54, 1.807) is 7.11 Å². The highest BCUT2D eigenvalue weighted by Crippen LogP contribution is 2.30. The largest absolute Gasteiger partial charge is 0.497 e. The Kier molecular flexibility index (Phi) is 5.94. The number of amides is 3. The summed E-state index contributed by atoms with van der Waals surface area (Å²) in [6.45, 7) is 3.66. The third-order valence-corrected chi connectivity index (χ3v) is 6.21. The molecular formula is C22H30N4O4. The van der Waals surface area contributed by atoms with Gasteiger partial charge < -0.3 is 20.3 Å². The van der Waals surface area contributed by atoms with Crippen molar-refractivity contribution in [3.63, 3.8) is 0 Å². The van der Waals surface area contributed by atoms with Crippen molar-refractivity contribution in [1.29, 1.82) is 0 Å². The van der Waals surface area contributed by atoms with E-state index in [1.807, 2.05) is 29.2 Å². The first kappa shape index (κ1) is 20.7. The summed E-state index contributed by atoms with van der Waals surface area (Å²) in [5.74, 6) is 0.887. The van der Waals surface area contributed by atoms with Crippen LogP contribution in [0.15, 0.2) is 24.3 Å². The Balaban J connectivity index is 1.50. The minimum atomic E-state index is -0.411. The van der Waals surface area contributed by atoms with Gasteiger partial charge in [-0.15, -0.1) is 0 Å². The molecule has 30 heavy (non-hydrogen) atoms. The lowest BCUT2D eigenvalue weighted by molar-refractivity contribution is -0.144. The Labute approximate surface area is 176 Å². The van der Waals surface area contributed by atoms with Crippen molar-refractivity contribution >= 4 is 17.7 Å². The van der Waals surface area contributed by atoms with E-state index < -0.39 is 6.04 Å². The van der Waals surface area contributed by atoms with Crippen LogP contribution < -0.4 is 15.4 Å². The molecule has 1 saturated carbocycles. The predicted molar refractivity (Wildman–Crippen MR) is 111 cm³/mol. The van der Waals surface area contributed by atoms with Gasteiger partial charge >= 0.3 is 0 Å². The summed E-state index contributed by atoms with van der Waals surface area (Å²) in [6.07, 6.45) is 2.62. The summed E-state index contributed by atoms with van der Waals surface area (Å²) in [4.78, 5) is 41.1. The van der Waals surface area contributed by atoms with Crippen LogP contribution in [0.1, 0.15) is 31.7 Å². The second kappa shape index (κ2) is 8.63. The van der Waals surface area contributed by atoms with Crippen LogP contribution in [0.4, 0.5) is 0 Å². The minimum Gasteiger partial charge on any atom is -0.497 e. The lowest BCUT2D eigenvalue weighted by atomic mass is 10.0. The fourth-order valence-electron chi connectivity index (χ4n) is 4.58. The monoisotopic (exact) mass is 414 g/mol. The summed E-state index contributed by atoms with van der Waals surface area (Å²) in [6, 6.07) is 7.48. The molecule has 2 N–H and O–H groups in total. The van der Waals surface area contributed by atoms with E-state index in [0.29, 0.717) is 26.2 Å². The van der Waals surface area contributed by atoms with Crippen LogP contribution in [-0.2, 0) is 20.9 Å². The molecule has 8 heteroatoms. The zero-order valence-corrected chi connectivity index (χ0v) is 17.6. The van der Waals surface area contributed by atoms with Crippen molar-refractivity contribution < 1.29 is 19.1 Å². The second-order valence-corrected chi connectivity index (χ2v) is 8.59. The van der Waals surface area contributed by atoms with E-state index in [-0.39, 0.29) is 35.7 Å². The van der Waals surface area contributed by atoms with Crippen LogP contribution >= 0.6 is 0 Å². The molecule has 3 atom stereocenters. The molecule has 2 saturated heterocycles. The van der Waals surface area contributed by atoms with Crippen LogP contribution in [0.2, 0.25) is 0 Å². The Morgan fingerprint density at radius 3 is 2.73 bits per heavy atom. The van der Waals surface area contributed by atoms with E-state index in [4.69, 9.17) is 4.74 Å². The highest BCUT2D eigenvalue weighted by Gasteiger charge is 2.45. The van der Waals surface area contributed by atoms with E-state index in [2.05, 4.69) is 15.5 Å². The Morgan fingerprint density at radius 2 is 2.03 bits per heavy atom. The predicted octanol–water partition coefficient (Wildman–Crippen LogP) is 0.511. The molecule has 2 aliphatic heterocycles. The van der Waals surface area contributed by atoms with Gasteiger partial charge in [-0.1, -0.05) is 12.1 Å². The molecule has 3 amide bonds. The third kappa shape index (κ3) is 4.59. The molecule has 8 nitrogen and oxygen atoms in total. The van der Waals surface area contributed by atoms with Crippen LogP contribution in [-0.4, -0.2) is 72.4 Å². The quantitative estimate of drug-likeness (QED) is 0.679. The van der Waals surface area contributed by atoms with Crippen LogP contribution in [0.3, 0.4) is 0 Å². The van der Waals surface area contributed by atoms with E-state index >= 15 is 0 Å². The number of nitrogens with one attached hydrogen (secondary N) is 2. The number of fused-ring (bicyclic) bond motifs is 1. The number of rotatable bonds is 7. The van der Waals surface area contributed by atoms with Gasteiger partial charge in [-0.3, -0.25) is 19.3 Å². The van der Waals surface area contributed by atoms with Gasteiger partial charge in [0.05, 0.1) is 7.11 Å². The molecule has 2 heterocycles. The Morgan fingerprint density at radius 1 is 1.23 bits per heavy atom. The topological polar surface area (TPSA) is 91.0 Å². The number of nitrogens with zero attached hydrogens (tertiary/aromatic N) is 2. The van der Waals surface area contributed by atoms with Crippen molar-refractivity contribution in [3.05, 3.63) is 29.8 Å². The van der Waals surface area contributed by atoms with Gasteiger partial charge in [-0.05, 0) is 37.0 Å². The fourth-order valence-corrected chi connectivity index (χ4v) is 4.58. The standard InChI is InChI=1S/C22H30N4O4/c1-14(27)24-17-9-18-13-25(11-15-4-3-5-19(8-15)30-2)20(22(29)26(18)12-17)10-23-21(28)16-6-7-16/h3-5,8,16-18,20H,6-7,9-13H2,1-2H3,(H,23,28)(H,24,27)/t17-,18-,20-/m0/s1. The number of methoxy groups -OCH3 is 1. The molecule has 0 spiro atoms. The first-order valence-corrected chi connectivity index (χ1v) is 10.7. The van der Waals surface area contributed by atoms with Crippen molar-refractivity contribution in [1.82, 2.24) is 20.4 Å². The summed E-state index contributed by atoms with van der Waals surface area (Å²) < 4.78 is 5.33. The van der Waals surface area contributed by atoms with Gasteiger partial charge in [0.2, 0.25) is 17.7 Å². The van der Waals surface area contributed by atoms with Crippen molar-refractivity contribution in [2.45, 2.75) is 50.9 Å². The van der Waals surface area contributed by atoms with Crippen LogP contribution in [0, 0.1) is 5.92 Å². The average Bonchev–Trinajstić information content (AvgIpc) is 3.49. The van der Waals surface area contributed by atoms with Crippen molar-refractivity contribution in [2.75, 3.05) is 26.7 Å². The number of benzene rings is 1. The maximum atomic E-state index is 13.4. The zero-order valence-electron chi connectivity index (χ0n) is 17.6. The van der Waals surface area contributed by atoms with Gasteiger partial charge in [0.15, 0.2) is 0 Å². The van der Waals surface area contributed by atoms with Gasteiger partial charge in [-0.25, -0.2) is 0 Å². The number of hydrogen-bond donors (Lipinski definition) is 2. The lowest BCUT2D eigenvalue weighted by Crippen LogP contribution is -2.62. The highest BCUT2D eigenvalue weighted by molar-refractivity contribution is 5.86. The van der Waals surface area contributed by atoms with Crippen LogP contribution in [0.5, 0.6) is 5.75 Å². The molecule has 4 rings (SSSR count). The summed E-state index contributed by atoms with van der Waals surface area (Å²) in [7, 11) is 1.64. The summed E-state index contributed by atoms with van der Waals surface area (Å²) in [5, 5.41) is 5.93. The maximum absolute atomic E-state index is 13.4. The molecule has 162 valence electrons. The molecule has 0 aromatic heterocycles. The van der Waals surface area contributed by atoms with E-state index in [0.717, 1.165) is 30.6 Å². The number of piperazine rings is 1. The zero-order chi connectivity index (χ0) is 21.3. The number of carbonyl (C=O) groups excluding carboxylic acids is 3. The van der Waals surface area contributed by atoms with Gasteiger partial charge in [0, 0.05) is 51.1 Å². The van der Waals surface area contributed by atoms with Gasteiger partial charge in [0.1, 0.15) is 11.8 Å². The van der Waals surface area contributed by atoms with Crippen molar-refractivity contribution in [3.8, 4) is 5.75 Å². The molecule has 0 radical (unpaired) electrons. The van der Waals surface area contributed by atoms with E-state index in [1.165, 1.54) is 6.92 Å². The molecule has 1 aromatic rings. The molecule has 3 aliphatic rings. The third-order valence-electron chi connectivity index (χ3n) is 6.21. The molecule has 0 bridgehead atoms. The van der Waals surface area contributed by atoms with Gasteiger partial charge in [-0.2, -0.15) is 0 Å². The first-order chi connectivity index (χ1) is 14.4. The summed E-state index contributed by atoms with van der Waals surface area (Å²) in [5.41, 5.74) is 1.06. The molecular weight excluding hydrogens is 384 g/mol. The minimum absolute atomic E-state index is 0.0186.